The highest BCUT2D eigenvalue weighted by molar-refractivity contribution is 5.65. The molecule has 4 heterocycles. The summed E-state index contributed by atoms with van der Waals surface area (Å²) in [6.45, 7) is 2.72. The molecule has 0 aliphatic carbocycles. The summed E-state index contributed by atoms with van der Waals surface area (Å²) in [5.41, 5.74) is 2.90. The van der Waals surface area contributed by atoms with Gasteiger partial charge in [0.05, 0.1) is 12.2 Å². The van der Waals surface area contributed by atoms with Gasteiger partial charge in [0.25, 0.3) is 0 Å². The van der Waals surface area contributed by atoms with E-state index in [1.165, 1.54) is 12.8 Å². The second-order valence-electron chi connectivity index (χ2n) is 5.82. The Hall–Kier alpha value is -2.96. The van der Waals surface area contributed by atoms with Crippen molar-refractivity contribution in [3.05, 3.63) is 49.1 Å². The second kappa shape index (κ2) is 6.66. The summed E-state index contributed by atoms with van der Waals surface area (Å²) >= 11 is 0. The highest BCUT2D eigenvalue weighted by Crippen LogP contribution is 2.22. The van der Waals surface area contributed by atoms with Crippen LogP contribution in [0.1, 0.15) is 18.7 Å². The van der Waals surface area contributed by atoms with Crippen molar-refractivity contribution in [2.24, 2.45) is 0 Å². The third kappa shape index (κ3) is 3.19. The Balaban J connectivity index is 1.48. The van der Waals surface area contributed by atoms with Crippen LogP contribution >= 0.6 is 0 Å². The SMILES string of the molecule is c1c[nH]c(CNc2cncc(-c3cnc(N4CCCC4)nc3)c2)n1. The lowest BCUT2D eigenvalue weighted by Crippen LogP contribution is -2.20. The van der Waals surface area contributed by atoms with Crippen LogP contribution in [0.3, 0.4) is 0 Å². The summed E-state index contributed by atoms with van der Waals surface area (Å²) in [4.78, 5) is 22.8. The first-order valence-corrected chi connectivity index (χ1v) is 8.13. The molecular weight excluding hydrogens is 302 g/mol. The maximum absolute atomic E-state index is 4.51. The van der Waals surface area contributed by atoms with Crippen molar-refractivity contribution < 1.29 is 0 Å². The quantitative estimate of drug-likeness (QED) is 0.751. The number of imidazole rings is 1. The second-order valence-corrected chi connectivity index (χ2v) is 5.82. The van der Waals surface area contributed by atoms with Crippen LogP contribution in [0.25, 0.3) is 11.1 Å². The zero-order chi connectivity index (χ0) is 16.2. The van der Waals surface area contributed by atoms with E-state index in [-0.39, 0.29) is 0 Å². The number of pyridine rings is 1. The lowest BCUT2D eigenvalue weighted by atomic mass is 10.1. The van der Waals surface area contributed by atoms with E-state index in [0.29, 0.717) is 6.54 Å². The fourth-order valence-electron chi connectivity index (χ4n) is 2.83. The van der Waals surface area contributed by atoms with Gasteiger partial charge in [0.15, 0.2) is 0 Å². The molecule has 1 aliphatic rings. The summed E-state index contributed by atoms with van der Waals surface area (Å²) in [7, 11) is 0. The lowest BCUT2D eigenvalue weighted by Gasteiger charge is -2.14. The number of aromatic nitrogens is 5. The Labute approximate surface area is 140 Å². The van der Waals surface area contributed by atoms with Crippen LogP contribution in [0.5, 0.6) is 0 Å². The Kier molecular flexibility index (Phi) is 4.05. The highest BCUT2D eigenvalue weighted by atomic mass is 15.3. The standard InChI is InChI=1S/C17H19N7/c1-2-6-24(5-1)17-22-9-14(10-23-17)13-7-15(11-18-8-13)21-12-16-19-3-4-20-16/h3-4,7-11,21H,1-2,5-6,12H2,(H,19,20). The van der Waals surface area contributed by atoms with Crippen molar-refractivity contribution in [2.75, 3.05) is 23.3 Å². The van der Waals surface area contributed by atoms with Gasteiger partial charge in [-0.05, 0) is 18.9 Å². The molecule has 0 atom stereocenters. The topological polar surface area (TPSA) is 82.6 Å². The van der Waals surface area contributed by atoms with Gasteiger partial charge in [-0.3, -0.25) is 4.98 Å². The maximum Gasteiger partial charge on any atom is 0.225 e. The predicted octanol–water partition coefficient (Wildman–Crippen LogP) is 2.47. The summed E-state index contributed by atoms with van der Waals surface area (Å²) in [6.07, 6.45) is 13.4. The molecule has 0 bridgehead atoms. The van der Waals surface area contributed by atoms with E-state index in [2.05, 4.69) is 35.1 Å². The van der Waals surface area contributed by atoms with Gasteiger partial charge in [-0.1, -0.05) is 0 Å². The third-order valence-electron chi connectivity index (χ3n) is 4.11. The van der Waals surface area contributed by atoms with Crippen molar-refractivity contribution in [3.8, 4) is 11.1 Å². The Morgan fingerprint density at radius 3 is 2.58 bits per heavy atom. The predicted molar refractivity (Wildman–Crippen MR) is 92.6 cm³/mol. The Morgan fingerprint density at radius 1 is 1.00 bits per heavy atom. The van der Waals surface area contributed by atoms with E-state index < -0.39 is 0 Å². The Morgan fingerprint density at radius 2 is 1.83 bits per heavy atom. The molecule has 1 fully saturated rings. The summed E-state index contributed by atoms with van der Waals surface area (Å²) in [5, 5.41) is 3.31. The van der Waals surface area contributed by atoms with Gasteiger partial charge >= 0.3 is 0 Å². The zero-order valence-electron chi connectivity index (χ0n) is 13.3. The number of hydrogen-bond acceptors (Lipinski definition) is 6. The van der Waals surface area contributed by atoms with E-state index in [1.54, 1.807) is 12.4 Å². The van der Waals surface area contributed by atoms with Crippen LogP contribution in [0.15, 0.2) is 43.2 Å². The summed E-state index contributed by atoms with van der Waals surface area (Å²) in [5.74, 6) is 1.70. The van der Waals surface area contributed by atoms with Crippen LogP contribution < -0.4 is 10.2 Å². The van der Waals surface area contributed by atoms with Gasteiger partial charge in [-0.15, -0.1) is 0 Å². The summed E-state index contributed by atoms with van der Waals surface area (Å²) in [6, 6.07) is 2.05. The molecule has 0 aromatic carbocycles. The number of hydrogen-bond donors (Lipinski definition) is 2. The molecule has 4 rings (SSSR count). The van der Waals surface area contributed by atoms with E-state index in [9.17, 15) is 0 Å². The molecule has 7 heteroatoms. The molecule has 0 spiro atoms. The molecule has 0 radical (unpaired) electrons. The minimum atomic E-state index is 0.628. The molecule has 0 amide bonds. The van der Waals surface area contributed by atoms with Gasteiger partial charge in [0.2, 0.25) is 5.95 Å². The van der Waals surface area contributed by atoms with Crippen LogP contribution in [0, 0.1) is 0 Å². The maximum atomic E-state index is 4.51. The van der Waals surface area contributed by atoms with Crippen LogP contribution in [0.2, 0.25) is 0 Å². The number of nitrogens with one attached hydrogen (secondary N) is 2. The average molecular weight is 321 g/mol. The smallest absolute Gasteiger partial charge is 0.225 e. The molecule has 7 nitrogen and oxygen atoms in total. The van der Waals surface area contributed by atoms with Crippen molar-refractivity contribution in [1.29, 1.82) is 0 Å². The van der Waals surface area contributed by atoms with Crippen molar-refractivity contribution in [1.82, 2.24) is 24.9 Å². The van der Waals surface area contributed by atoms with E-state index in [0.717, 1.165) is 41.7 Å². The summed E-state index contributed by atoms with van der Waals surface area (Å²) < 4.78 is 0. The average Bonchev–Trinajstić information content (AvgIpc) is 3.34. The Bertz CT molecular complexity index is 777. The third-order valence-corrected chi connectivity index (χ3v) is 4.11. The lowest BCUT2D eigenvalue weighted by molar-refractivity contribution is 0.899. The molecule has 2 N–H and O–H groups in total. The first kappa shape index (κ1) is 14.6. The molecule has 0 saturated carbocycles. The molecule has 3 aromatic heterocycles. The first-order valence-electron chi connectivity index (χ1n) is 8.13. The minimum absolute atomic E-state index is 0.628. The fraction of sp³-hybridized carbons (Fsp3) is 0.294. The monoisotopic (exact) mass is 321 g/mol. The number of anilines is 2. The molecule has 1 aliphatic heterocycles. The first-order chi connectivity index (χ1) is 11.9. The van der Waals surface area contributed by atoms with Crippen LogP contribution in [-0.4, -0.2) is 38.0 Å². The highest BCUT2D eigenvalue weighted by Gasteiger charge is 2.14. The van der Waals surface area contributed by atoms with Crippen LogP contribution in [0.4, 0.5) is 11.6 Å². The zero-order valence-corrected chi connectivity index (χ0v) is 13.3. The number of H-pyrrole nitrogens is 1. The molecule has 122 valence electrons. The van der Waals surface area contributed by atoms with E-state index in [4.69, 9.17) is 0 Å². The molecule has 24 heavy (non-hydrogen) atoms. The molecule has 0 unspecified atom stereocenters. The molecule has 1 saturated heterocycles. The van der Waals surface area contributed by atoms with Gasteiger partial charge < -0.3 is 15.2 Å². The van der Waals surface area contributed by atoms with Gasteiger partial charge in [-0.2, -0.15) is 0 Å². The minimum Gasteiger partial charge on any atom is -0.377 e. The van der Waals surface area contributed by atoms with Gasteiger partial charge in [0, 0.05) is 61.4 Å². The van der Waals surface area contributed by atoms with Gasteiger partial charge in [0.1, 0.15) is 5.82 Å². The van der Waals surface area contributed by atoms with Gasteiger partial charge in [-0.25, -0.2) is 15.0 Å². The molecule has 3 aromatic rings. The van der Waals surface area contributed by atoms with E-state index >= 15 is 0 Å². The normalized spacial score (nSPS) is 14.1. The molecular formula is C17H19N7. The number of nitrogens with zero attached hydrogens (tertiary/aromatic N) is 5. The van der Waals surface area contributed by atoms with Crippen molar-refractivity contribution in [2.45, 2.75) is 19.4 Å². The largest absolute Gasteiger partial charge is 0.377 e. The van der Waals surface area contributed by atoms with E-state index in [1.807, 2.05) is 30.9 Å². The number of rotatable bonds is 5. The number of aromatic amines is 1. The van der Waals surface area contributed by atoms with Crippen molar-refractivity contribution in [3.63, 3.8) is 0 Å². The fourth-order valence-corrected chi connectivity index (χ4v) is 2.83. The van der Waals surface area contributed by atoms with Crippen molar-refractivity contribution >= 4 is 11.6 Å². The van der Waals surface area contributed by atoms with Crippen LogP contribution in [-0.2, 0) is 6.54 Å².